The second-order valence-corrected chi connectivity index (χ2v) is 3.79. The molecule has 2 heteroatoms. The van der Waals surface area contributed by atoms with Crippen molar-refractivity contribution in [2.45, 2.75) is 20.3 Å². The highest BCUT2D eigenvalue weighted by Crippen LogP contribution is 2.23. The van der Waals surface area contributed by atoms with Gasteiger partial charge in [0.25, 0.3) is 0 Å². The fraction of sp³-hybridized carbons (Fsp3) is 0.455. The maximum atomic E-state index is 5.89. The highest BCUT2D eigenvalue weighted by Gasteiger charge is 2.00. The normalized spacial score (nSPS) is 10.5. The van der Waals surface area contributed by atoms with E-state index in [9.17, 15) is 0 Å². The maximum absolute atomic E-state index is 5.89. The summed E-state index contributed by atoms with van der Waals surface area (Å²) in [7, 11) is 0. The van der Waals surface area contributed by atoms with Gasteiger partial charge in [-0.15, -0.1) is 0 Å². The Morgan fingerprint density at radius 3 is 2.92 bits per heavy atom. The molecule has 71 valence electrons. The van der Waals surface area contributed by atoms with E-state index >= 15 is 0 Å². The Morgan fingerprint density at radius 2 is 2.31 bits per heavy atom. The largest absolute Gasteiger partial charge is 0.492 e. The van der Waals surface area contributed by atoms with Gasteiger partial charge in [0, 0.05) is 0 Å². The zero-order valence-electron chi connectivity index (χ0n) is 8.01. The average Bonchev–Trinajstić information content (AvgIpc) is 2.08. The lowest BCUT2D eigenvalue weighted by atomic mass is 10.1. The molecule has 0 unspecified atom stereocenters. The summed E-state index contributed by atoms with van der Waals surface area (Å²) in [4.78, 5) is 0. The highest BCUT2D eigenvalue weighted by atomic mass is 35.5. The molecule has 1 nitrogen and oxygen atoms in total. The Kier molecular flexibility index (Phi) is 4.10. The van der Waals surface area contributed by atoms with Gasteiger partial charge in [-0.3, -0.25) is 0 Å². The predicted octanol–water partition coefficient (Wildman–Crippen LogP) is 3.57. The van der Waals surface area contributed by atoms with E-state index in [1.807, 2.05) is 0 Å². The molecule has 0 aromatic heterocycles. The van der Waals surface area contributed by atoms with Crippen LogP contribution in [0.1, 0.15) is 20.3 Å². The second-order valence-electron chi connectivity index (χ2n) is 3.39. The lowest BCUT2D eigenvalue weighted by Gasteiger charge is -2.08. The van der Waals surface area contributed by atoms with Gasteiger partial charge in [0.15, 0.2) is 0 Å². The molecule has 13 heavy (non-hydrogen) atoms. The van der Waals surface area contributed by atoms with Crippen LogP contribution in [0.25, 0.3) is 0 Å². The summed E-state index contributed by atoms with van der Waals surface area (Å²) in [5, 5.41) is 0.655. The monoisotopic (exact) mass is 197 g/mol. The molecule has 0 atom stereocenters. The highest BCUT2D eigenvalue weighted by molar-refractivity contribution is 6.32. The van der Waals surface area contributed by atoms with Crippen molar-refractivity contribution < 1.29 is 4.74 Å². The van der Waals surface area contributed by atoms with Gasteiger partial charge in [0.1, 0.15) is 5.75 Å². The first-order valence-corrected chi connectivity index (χ1v) is 4.86. The summed E-state index contributed by atoms with van der Waals surface area (Å²) in [6.45, 7) is 5.05. The lowest BCUT2D eigenvalue weighted by molar-refractivity contribution is 0.289. The number of hydrogen-bond acceptors (Lipinski definition) is 1. The zero-order valence-corrected chi connectivity index (χ0v) is 8.77. The standard InChI is InChI=1S/C11H14ClO/c1-9(2)7-8-13-11-6-4-3-5-10(11)12/h3,5-6,9H,7-8H2,1-2H3. The van der Waals surface area contributed by atoms with Crippen LogP contribution < -0.4 is 4.74 Å². The van der Waals surface area contributed by atoms with Gasteiger partial charge in [0.2, 0.25) is 0 Å². The summed E-state index contributed by atoms with van der Waals surface area (Å²) in [5.41, 5.74) is 0. The van der Waals surface area contributed by atoms with Gasteiger partial charge in [-0.05, 0) is 30.5 Å². The molecule has 0 fully saturated rings. The van der Waals surface area contributed by atoms with Gasteiger partial charge in [0.05, 0.1) is 11.6 Å². The van der Waals surface area contributed by atoms with Gasteiger partial charge in [-0.1, -0.05) is 31.5 Å². The minimum atomic E-state index is 0.655. The van der Waals surface area contributed by atoms with Crippen LogP contribution in [0.5, 0.6) is 5.75 Å². The molecule has 1 aromatic rings. The van der Waals surface area contributed by atoms with Crippen molar-refractivity contribution in [1.29, 1.82) is 0 Å². The summed E-state index contributed by atoms with van der Waals surface area (Å²) in [6, 6.07) is 8.26. The fourth-order valence-electron chi connectivity index (χ4n) is 0.911. The molecule has 0 saturated heterocycles. The predicted molar refractivity (Wildman–Crippen MR) is 55.2 cm³/mol. The first-order valence-electron chi connectivity index (χ1n) is 4.48. The van der Waals surface area contributed by atoms with Crippen LogP contribution in [-0.2, 0) is 0 Å². The van der Waals surface area contributed by atoms with Crippen molar-refractivity contribution in [3.05, 3.63) is 29.3 Å². The SMILES string of the molecule is CC(C)CCOc1c[c]ccc1Cl. The lowest BCUT2D eigenvalue weighted by Crippen LogP contribution is -2.01. The Hall–Kier alpha value is -0.690. The first kappa shape index (κ1) is 10.4. The molecule has 0 aliphatic rings. The van der Waals surface area contributed by atoms with Crippen molar-refractivity contribution >= 4 is 11.6 Å². The van der Waals surface area contributed by atoms with E-state index in [2.05, 4.69) is 19.9 Å². The third-order valence-corrected chi connectivity index (χ3v) is 2.04. The van der Waals surface area contributed by atoms with Crippen molar-refractivity contribution in [2.24, 2.45) is 5.92 Å². The van der Waals surface area contributed by atoms with E-state index in [0.29, 0.717) is 10.9 Å². The number of halogens is 1. The molecule has 1 radical (unpaired) electrons. The van der Waals surface area contributed by atoms with Crippen LogP contribution in [0.4, 0.5) is 0 Å². The molecule has 0 bridgehead atoms. The van der Waals surface area contributed by atoms with Crippen LogP contribution in [0.3, 0.4) is 0 Å². The molecular formula is C11H14ClO. The van der Waals surface area contributed by atoms with E-state index in [4.69, 9.17) is 16.3 Å². The van der Waals surface area contributed by atoms with Crippen molar-refractivity contribution in [1.82, 2.24) is 0 Å². The van der Waals surface area contributed by atoms with E-state index in [0.717, 1.165) is 18.8 Å². The fourth-order valence-corrected chi connectivity index (χ4v) is 1.08. The maximum Gasteiger partial charge on any atom is 0.138 e. The second kappa shape index (κ2) is 5.13. The van der Waals surface area contributed by atoms with E-state index in [1.54, 1.807) is 18.2 Å². The van der Waals surface area contributed by atoms with E-state index < -0.39 is 0 Å². The minimum Gasteiger partial charge on any atom is -0.492 e. The van der Waals surface area contributed by atoms with Crippen LogP contribution in [0, 0.1) is 12.0 Å². The van der Waals surface area contributed by atoms with Gasteiger partial charge in [-0.25, -0.2) is 0 Å². The number of rotatable bonds is 4. The molecular weight excluding hydrogens is 184 g/mol. The number of ether oxygens (including phenoxy) is 1. The van der Waals surface area contributed by atoms with Gasteiger partial charge >= 0.3 is 0 Å². The summed E-state index contributed by atoms with van der Waals surface area (Å²) >= 11 is 5.89. The Labute approximate surface area is 84.7 Å². The number of benzene rings is 1. The van der Waals surface area contributed by atoms with Crippen molar-refractivity contribution in [2.75, 3.05) is 6.61 Å². The summed E-state index contributed by atoms with van der Waals surface area (Å²) < 4.78 is 5.48. The summed E-state index contributed by atoms with van der Waals surface area (Å²) in [6.07, 6.45) is 1.05. The van der Waals surface area contributed by atoms with Gasteiger partial charge in [-0.2, -0.15) is 0 Å². The quantitative estimate of drug-likeness (QED) is 0.717. The number of hydrogen-bond donors (Lipinski definition) is 0. The molecule has 1 aromatic carbocycles. The molecule has 0 N–H and O–H groups in total. The minimum absolute atomic E-state index is 0.655. The third-order valence-electron chi connectivity index (χ3n) is 1.73. The molecule has 0 aliphatic heterocycles. The van der Waals surface area contributed by atoms with Gasteiger partial charge < -0.3 is 4.74 Å². The zero-order chi connectivity index (χ0) is 9.68. The molecule has 0 saturated carbocycles. The van der Waals surface area contributed by atoms with E-state index in [-0.39, 0.29) is 0 Å². The third kappa shape index (κ3) is 3.69. The molecule has 0 aliphatic carbocycles. The molecule has 0 spiro atoms. The van der Waals surface area contributed by atoms with Crippen molar-refractivity contribution in [3.8, 4) is 5.75 Å². The van der Waals surface area contributed by atoms with Crippen molar-refractivity contribution in [3.63, 3.8) is 0 Å². The van der Waals surface area contributed by atoms with Crippen LogP contribution in [0.15, 0.2) is 18.2 Å². The Bertz CT molecular complexity index is 258. The topological polar surface area (TPSA) is 9.23 Å². The summed E-state index contributed by atoms with van der Waals surface area (Å²) in [5.74, 6) is 1.39. The Morgan fingerprint density at radius 1 is 1.54 bits per heavy atom. The first-order chi connectivity index (χ1) is 6.20. The molecule has 0 heterocycles. The average molecular weight is 198 g/mol. The van der Waals surface area contributed by atoms with Crippen LogP contribution in [0.2, 0.25) is 5.02 Å². The van der Waals surface area contributed by atoms with Crippen LogP contribution in [-0.4, -0.2) is 6.61 Å². The van der Waals surface area contributed by atoms with Crippen LogP contribution >= 0.6 is 11.6 Å². The van der Waals surface area contributed by atoms with E-state index in [1.165, 1.54) is 0 Å². The molecule has 0 amide bonds. The molecule has 1 rings (SSSR count). The Balaban J connectivity index is 2.41. The smallest absolute Gasteiger partial charge is 0.138 e.